The fourth-order valence-electron chi connectivity index (χ4n) is 1.28. The maximum atomic E-state index is 11.2. The second kappa shape index (κ2) is 6.30. The van der Waals surface area contributed by atoms with E-state index >= 15 is 0 Å². The van der Waals surface area contributed by atoms with Crippen molar-refractivity contribution in [1.29, 1.82) is 0 Å². The Labute approximate surface area is 105 Å². The Morgan fingerprint density at radius 1 is 1.50 bits per heavy atom. The first-order chi connectivity index (χ1) is 8.54. The third-order valence-electron chi connectivity index (χ3n) is 2.11. The zero-order valence-corrected chi connectivity index (χ0v) is 9.90. The fourth-order valence-corrected chi connectivity index (χ4v) is 1.28. The summed E-state index contributed by atoms with van der Waals surface area (Å²) >= 11 is 0. The van der Waals surface area contributed by atoms with Gasteiger partial charge in [0.25, 0.3) is 5.91 Å². The first-order valence-electron chi connectivity index (χ1n) is 5.21. The summed E-state index contributed by atoms with van der Waals surface area (Å²) in [6, 6.07) is 4.71. The van der Waals surface area contributed by atoms with E-state index in [4.69, 9.17) is 16.3 Å². The number of benzene rings is 1. The summed E-state index contributed by atoms with van der Waals surface area (Å²) in [5.41, 5.74) is 0.830. The largest absolute Gasteiger partial charge is 0.483 e. The quantitative estimate of drug-likeness (QED) is 0.755. The Hall–Kier alpha value is -2.48. The average Bonchev–Trinajstić information content (AvgIpc) is 2.34. The smallest absolute Gasteiger partial charge is 0.339 e. The number of carbonyl (C=O) groups is 2. The van der Waals surface area contributed by atoms with Crippen molar-refractivity contribution in [2.24, 2.45) is 0 Å². The maximum Gasteiger partial charge on any atom is 0.339 e. The van der Waals surface area contributed by atoms with E-state index in [0.29, 0.717) is 0 Å². The average molecular weight is 247 g/mol. The molecule has 0 unspecified atom stereocenters. The van der Waals surface area contributed by atoms with Gasteiger partial charge < -0.3 is 15.2 Å². The van der Waals surface area contributed by atoms with Crippen LogP contribution >= 0.6 is 0 Å². The third-order valence-corrected chi connectivity index (χ3v) is 2.11. The molecule has 1 rings (SSSR count). The van der Waals surface area contributed by atoms with Crippen LogP contribution in [0.5, 0.6) is 5.75 Å². The molecule has 18 heavy (non-hydrogen) atoms. The van der Waals surface area contributed by atoms with Gasteiger partial charge in [0.1, 0.15) is 11.3 Å². The number of ether oxygens (including phenoxy) is 1. The number of aromatic carboxylic acids is 1. The van der Waals surface area contributed by atoms with Gasteiger partial charge in [-0.2, -0.15) is 0 Å². The molecular weight excluding hydrogens is 234 g/mol. The number of carboxylic acids is 1. The zero-order valence-electron chi connectivity index (χ0n) is 9.90. The summed E-state index contributed by atoms with van der Waals surface area (Å²) in [7, 11) is 0. The van der Waals surface area contributed by atoms with Crippen LogP contribution in [-0.2, 0) is 4.79 Å². The van der Waals surface area contributed by atoms with Gasteiger partial charge in [-0.1, -0.05) is 17.6 Å². The predicted octanol–water partition coefficient (Wildman–Crippen LogP) is 0.821. The normalized spacial score (nSPS) is 9.33. The van der Waals surface area contributed by atoms with Crippen molar-refractivity contribution < 1.29 is 19.4 Å². The summed E-state index contributed by atoms with van der Waals surface area (Å²) < 4.78 is 5.15. The topological polar surface area (TPSA) is 75.6 Å². The maximum absolute atomic E-state index is 11.2. The monoisotopic (exact) mass is 247 g/mol. The summed E-state index contributed by atoms with van der Waals surface area (Å²) in [4.78, 5) is 22.2. The van der Waals surface area contributed by atoms with E-state index in [9.17, 15) is 9.59 Å². The van der Waals surface area contributed by atoms with Gasteiger partial charge in [-0.25, -0.2) is 4.79 Å². The molecule has 0 spiro atoms. The molecule has 0 radical (unpaired) electrons. The van der Waals surface area contributed by atoms with Crippen LogP contribution in [0.1, 0.15) is 15.9 Å². The van der Waals surface area contributed by atoms with Gasteiger partial charge >= 0.3 is 5.97 Å². The molecule has 0 aromatic heterocycles. The standard InChI is InChI=1S/C13H13NO4/c1-3-6-14-12(15)8-18-11-5-4-9(2)7-10(11)13(16)17/h1,4-5,7H,6,8H2,2H3,(H,14,15)(H,16,17). The molecule has 1 aromatic carbocycles. The van der Waals surface area contributed by atoms with Crippen LogP contribution in [0.25, 0.3) is 0 Å². The molecule has 1 aromatic rings. The molecule has 5 nitrogen and oxygen atoms in total. The predicted molar refractivity (Wildman–Crippen MR) is 65.5 cm³/mol. The molecule has 94 valence electrons. The van der Waals surface area contributed by atoms with Crippen LogP contribution in [0.3, 0.4) is 0 Å². The molecular formula is C13H13NO4. The van der Waals surface area contributed by atoms with Crippen LogP contribution in [-0.4, -0.2) is 30.1 Å². The van der Waals surface area contributed by atoms with Crippen LogP contribution < -0.4 is 10.1 Å². The summed E-state index contributed by atoms with van der Waals surface area (Å²) in [5.74, 6) is 0.911. The van der Waals surface area contributed by atoms with Crippen LogP contribution in [0, 0.1) is 19.3 Å². The lowest BCUT2D eigenvalue weighted by molar-refractivity contribution is -0.122. The lowest BCUT2D eigenvalue weighted by atomic mass is 10.1. The summed E-state index contributed by atoms with van der Waals surface area (Å²) in [6.45, 7) is 1.61. The number of rotatable bonds is 5. The number of terminal acetylenes is 1. The van der Waals surface area contributed by atoms with E-state index in [1.54, 1.807) is 13.0 Å². The summed E-state index contributed by atoms with van der Waals surface area (Å²) in [5, 5.41) is 11.4. The molecule has 0 aliphatic rings. The molecule has 1 amide bonds. The number of amides is 1. The van der Waals surface area contributed by atoms with Gasteiger partial charge in [0.2, 0.25) is 0 Å². The third kappa shape index (κ3) is 3.83. The van der Waals surface area contributed by atoms with Gasteiger partial charge in [0.05, 0.1) is 6.54 Å². The molecule has 0 aliphatic carbocycles. The first-order valence-corrected chi connectivity index (χ1v) is 5.21. The van der Waals surface area contributed by atoms with E-state index in [0.717, 1.165) is 5.56 Å². The minimum atomic E-state index is -1.10. The number of carbonyl (C=O) groups excluding carboxylic acids is 1. The Morgan fingerprint density at radius 2 is 2.22 bits per heavy atom. The molecule has 0 bridgehead atoms. The van der Waals surface area contributed by atoms with Crippen LogP contribution in [0.4, 0.5) is 0 Å². The Morgan fingerprint density at radius 3 is 2.83 bits per heavy atom. The highest BCUT2D eigenvalue weighted by Gasteiger charge is 2.12. The van der Waals surface area contributed by atoms with Gasteiger partial charge in [-0.05, 0) is 19.1 Å². The molecule has 0 heterocycles. The van der Waals surface area contributed by atoms with Gasteiger partial charge in [-0.3, -0.25) is 4.79 Å². The molecule has 0 saturated heterocycles. The van der Waals surface area contributed by atoms with Crippen molar-refractivity contribution in [3.05, 3.63) is 29.3 Å². The van der Waals surface area contributed by atoms with Crippen molar-refractivity contribution >= 4 is 11.9 Å². The van der Waals surface area contributed by atoms with E-state index in [-0.39, 0.29) is 24.5 Å². The highest BCUT2D eigenvalue weighted by atomic mass is 16.5. The number of hydrogen-bond acceptors (Lipinski definition) is 3. The van der Waals surface area contributed by atoms with Gasteiger partial charge in [-0.15, -0.1) is 6.42 Å². The van der Waals surface area contributed by atoms with E-state index in [2.05, 4.69) is 11.2 Å². The van der Waals surface area contributed by atoms with E-state index < -0.39 is 11.9 Å². The number of nitrogens with one attached hydrogen (secondary N) is 1. The molecule has 0 atom stereocenters. The lowest BCUT2D eigenvalue weighted by Gasteiger charge is -2.09. The molecule has 0 saturated carbocycles. The summed E-state index contributed by atoms with van der Waals surface area (Å²) in [6.07, 6.45) is 4.98. The molecule has 0 aliphatic heterocycles. The van der Waals surface area contributed by atoms with Gasteiger partial charge in [0.15, 0.2) is 6.61 Å². The van der Waals surface area contributed by atoms with Crippen molar-refractivity contribution in [2.75, 3.05) is 13.2 Å². The number of aryl methyl sites for hydroxylation is 1. The SMILES string of the molecule is C#CCNC(=O)COc1ccc(C)cc1C(=O)O. The highest BCUT2D eigenvalue weighted by molar-refractivity contribution is 5.91. The van der Waals surface area contributed by atoms with Crippen molar-refractivity contribution in [3.63, 3.8) is 0 Å². The number of carboxylic acid groups (broad SMARTS) is 1. The van der Waals surface area contributed by atoms with E-state index in [1.165, 1.54) is 12.1 Å². The van der Waals surface area contributed by atoms with E-state index in [1.807, 2.05) is 0 Å². The lowest BCUT2D eigenvalue weighted by Crippen LogP contribution is -2.29. The van der Waals surface area contributed by atoms with Crippen molar-refractivity contribution in [2.45, 2.75) is 6.92 Å². The Bertz CT molecular complexity index is 502. The molecule has 0 fully saturated rings. The molecule has 5 heteroatoms. The Balaban J connectivity index is 2.70. The minimum absolute atomic E-state index is 0.0275. The highest BCUT2D eigenvalue weighted by Crippen LogP contribution is 2.19. The van der Waals surface area contributed by atoms with Gasteiger partial charge in [0, 0.05) is 0 Å². The van der Waals surface area contributed by atoms with Crippen LogP contribution in [0.2, 0.25) is 0 Å². The fraction of sp³-hybridized carbons (Fsp3) is 0.231. The Kier molecular flexibility index (Phi) is 4.76. The molecule has 2 N–H and O–H groups in total. The zero-order chi connectivity index (χ0) is 13.5. The minimum Gasteiger partial charge on any atom is -0.483 e. The van der Waals surface area contributed by atoms with Crippen LogP contribution in [0.15, 0.2) is 18.2 Å². The number of hydrogen-bond donors (Lipinski definition) is 2. The second-order valence-corrected chi connectivity index (χ2v) is 3.57. The van der Waals surface area contributed by atoms with Crippen molar-refractivity contribution in [1.82, 2.24) is 5.32 Å². The van der Waals surface area contributed by atoms with Crippen molar-refractivity contribution in [3.8, 4) is 18.1 Å². The second-order valence-electron chi connectivity index (χ2n) is 3.57. The first kappa shape index (κ1) is 13.6.